The second-order valence-corrected chi connectivity index (χ2v) is 7.51. The van der Waals surface area contributed by atoms with Crippen LogP contribution in [0.4, 0.5) is 0 Å². The third-order valence-electron chi connectivity index (χ3n) is 4.87. The maximum absolute atomic E-state index is 5.64. The Kier molecular flexibility index (Phi) is 2.94. The fourth-order valence-electron chi connectivity index (χ4n) is 3.41. The van der Waals surface area contributed by atoms with Crippen LogP contribution in [0, 0.1) is 5.92 Å². The van der Waals surface area contributed by atoms with Gasteiger partial charge in [0, 0.05) is 23.4 Å². The zero-order valence-corrected chi connectivity index (χ0v) is 12.4. The van der Waals surface area contributed by atoms with Crippen LogP contribution >= 0.6 is 11.3 Å². The fourth-order valence-corrected chi connectivity index (χ4v) is 4.75. The standard InChI is InChI=1S/C15H22N2OS/c1-15(17-11-5-6-11,10-7-8-18-9-10)14-16-12-3-2-4-13(12)19-14/h10-11,17H,2-9H2,1H3. The Morgan fingerprint density at radius 3 is 2.89 bits per heavy atom. The van der Waals surface area contributed by atoms with E-state index in [2.05, 4.69) is 12.2 Å². The molecule has 4 rings (SSSR count). The van der Waals surface area contributed by atoms with Crippen molar-refractivity contribution in [1.29, 1.82) is 0 Å². The van der Waals surface area contributed by atoms with Crippen LogP contribution in [-0.2, 0) is 23.1 Å². The van der Waals surface area contributed by atoms with Gasteiger partial charge < -0.3 is 10.1 Å². The zero-order chi connectivity index (χ0) is 12.9. The molecule has 104 valence electrons. The normalized spacial score (nSPS) is 29.4. The number of hydrogen-bond donors (Lipinski definition) is 1. The maximum Gasteiger partial charge on any atom is 0.113 e. The molecule has 3 aliphatic rings. The van der Waals surface area contributed by atoms with Crippen molar-refractivity contribution in [3.05, 3.63) is 15.6 Å². The molecule has 2 unspecified atom stereocenters. The van der Waals surface area contributed by atoms with E-state index in [9.17, 15) is 0 Å². The summed E-state index contributed by atoms with van der Waals surface area (Å²) in [5.74, 6) is 0.583. The van der Waals surface area contributed by atoms with E-state index in [0.29, 0.717) is 12.0 Å². The molecule has 0 amide bonds. The van der Waals surface area contributed by atoms with Crippen LogP contribution in [0.3, 0.4) is 0 Å². The van der Waals surface area contributed by atoms with Crippen molar-refractivity contribution in [2.45, 2.75) is 57.0 Å². The first kappa shape index (κ1) is 12.3. The van der Waals surface area contributed by atoms with Gasteiger partial charge in [-0.1, -0.05) is 0 Å². The molecule has 1 saturated heterocycles. The number of nitrogens with zero attached hydrogens (tertiary/aromatic N) is 1. The highest BCUT2D eigenvalue weighted by atomic mass is 32.1. The Labute approximate surface area is 118 Å². The van der Waals surface area contributed by atoms with E-state index in [4.69, 9.17) is 9.72 Å². The predicted octanol–water partition coefficient (Wildman–Crippen LogP) is 2.64. The van der Waals surface area contributed by atoms with Gasteiger partial charge in [0.2, 0.25) is 0 Å². The Morgan fingerprint density at radius 1 is 1.32 bits per heavy atom. The van der Waals surface area contributed by atoms with Gasteiger partial charge in [-0.3, -0.25) is 0 Å². The summed E-state index contributed by atoms with van der Waals surface area (Å²) in [5, 5.41) is 5.20. The molecule has 19 heavy (non-hydrogen) atoms. The van der Waals surface area contributed by atoms with E-state index in [1.807, 2.05) is 11.3 Å². The lowest BCUT2D eigenvalue weighted by Crippen LogP contribution is -2.47. The first-order valence-electron chi connectivity index (χ1n) is 7.60. The summed E-state index contributed by atoms with van der Waals surface area (Å²) < 4.78 is 5.64. The Hall–Kier alpha value is -0.450. The van der Waals surface area contributed by atoms with E-state index in [1.54, 1.807) is 0 Å². The molecule has 4 heteroatoms. The van der Waals surface area contributed by atoms with Gasteiger partial charge in [-0.05, 0) is 45.4 Å². The number of aryl methyl sites for hydroxylation is 2. The minimum atomic E-state index is 0.0344. The molecular weight excluding hydrogens is 256 g/mol. The second kappa shape index (κ2) is 4.54. The summed E-state index contributed by atoms with van der Waals surface area (Å²) in [6.07, 6.45) is 7.55. The Balaban J connectivity index is 1.67. The van der Waals surface area contributed by atoms with Crippen molar-refractivity contribution in [3.63, 3.8) is 0 Å². The van der Waals surface area contributed by atoms with E-state index in [-0.39, 0.29) is 5.54 Å². The highest BCUT2D eigenvalue weighted by Crippen LogP contribution is 2.41. The van der Waals surface area contributed by atoms with Crippen LogP contribution in [0.2, 0.25) is 0 Å². The van der Waals surface area contributed by atoms with Crippen LogP contribution in [0.25, 0.3) is 0 Å². The third-order valence-corrected chi connectivity index (χ3v) is 6.26. The van der Waals surface area contributed by atoms with Gasteiger partial charge in [0.05, 0.1) is 17.8 Å². The van der Waals surface area contributed by atoms with Gasteiger partial charge in [-0.15, -0.1) is 11.3 Å². The zero-order valence-electron chi connectivity index (χ0n) is 11.6. The second-order valence-electron chi connectivity index (χ2n) is 6.42. The summed E-state index contributed by atoms with van der Waals surface area (Å²) in [6, 6.07) is 0.712. The van der Waals surface area contributed by atoms with Crippen LogP contribution in [0.5, 0.6) is 0 Å². The fraction of sp³-hybridized carbons (Fsp3) is 0.800. The molecule has 2 heterocycles. The Morgan fingerprint density at radius 2 is 2.21 bits per heavy atom. The number of ether oxygens (including phenoxy) is 1. The highest BCUT2D eigenvalue weighted by Gasteiger charge is 2.44. The Bertz CT molecular complexity index is 455. The first-order chi connectivity index (χ1) is 9.25. The highest BCUT2D eigenvalue weighted by molar-refractivity contribution is 7.12. The quantitative estimate of drug-likeness (QED) is 0.919. The van der Waals surface area contributed by atoms with Gasteiger partial charge in [-0.2, -0.15) is 0 Å². The molecule has 1 aliphatic heterocycles. The summed E-state index contributed by atoms with van der Waals surface area (Å²) in [5.41, 5.74) is 1.41. The molecule has 2 atom stereocenters. The van der Waals surface area contributed by atoms with E-state index >= 15 is 0 Å². The number of fused-ring (bicyclic) bond motifs is 1. The third kappa shape index (κ3) is 2.14. The molecule has 3 nitrogen and oxygen atoms in total. The van der Waals surface area contributed by atoms with E-state index in [0.717, 1.165) is 13.2 Å². The van der Waals surface area contributed by atoms with Crippen LogP contribution in [0.15, 0.2) is 0 Å². The summed E-state index contributed by atoms with van der Waals surface area (Å²) in [4.78, 5) is 6.53. The monoisotopic (exact) mass is 278 g/mol. The van der Waals surface area contributed by atoms with Gasteiger partial charge in [0.25, 0.3) is 0 Å². The number of rotatable bonds is 4. The van der Waals surface area contributed by atoms with Gasteiger partial charge in [0.1, 0.15) is 5.01 Å². The molecule has 1 aromatic rings. The molecule has 2 aliphatic carbocycles. The van der Waals surface area contributed by atoms with Crippen molar-refractivity contribution in [1.82, 2.24) is 10.3 Å². The number of hydrogen-bond acceptors (Lipinski definition) is 4. The average molecular weight is 278 g/mol. The molecule has 1 N–H and O–H groups in total. The van der Waals surface area contributed by atoms with Crippen molar-refractivity contribution in [2.24, 2.45) is 5.92 Å². The van der Waals surface area contributed by atoms with Crippen molar-refractivity contribution < 1.29 is 4.74 Å². The first-order valence-corrected chi connectivity index (χ1v) is 8.42. The van der Waals surface area contributed by atoms with Crippen molar-refractivity contribution in [3.8, 4) is 0 Å². The lowest BCUT2D eigenvalue weighted by atomic mass is 9.85. The molecule has 0 spiro atoms. The summed E-state index contributed by atoms with van der Waals surface area (Å²) in [6.45, 7) is 4.16. The summed E-state index contributed by atoms with van der Waals surface area (Å²) >= 11 is 1.96. The molecule has 1 saturated carbocycles. The van der Waals surface area contributed by atoms with Gasteiger partial charge >= 0.3 is 0 Å². The topological polar surface area (TPSA) is 34.2 Å². The number of aromatic nitrogens is 1. The smallest absolute Gasteiger partial charge is 0.113 e. The van der Waals surface area contributed by atoms with Crippen LogP contribution in [0.1, 0.15) is 48.2 Å². The predicted molar refractivity (Wildman–Crippen MR) is 76.6 cm³/mol. The molecule has 1 aromatic heterocycles. The molecule has 0 bridgehead atoms. The minimum absolute atomic E-state index is 0.0344. The lowest BCUT2D eigenvalue weighted by molar-refractivity contribution is 0.151. The number of thiazole rings is 1. The van der Waals surface area contributed by atoms with Crippen LogP contribution < -0.4 is 5.32 Å². The van der Waals surface area contributed by atoms with E-state index in [1.165, 1.54) is 54.1 Å². The molecule has 0 radical (unpaired) electrons. The van der Waals surface area contributed by atoms with Crippen molar-refractivity contribution >= 4 is 11.3 Å². The van der Waals surface area contributed by atoms with Gasteiger partial charge in [-0.25, -0.2) is 4.98 Å². The van der Waals surface area contributed by atoms with E-state index < -0.39 is 0 Å². The summed E-state index contributed by atoms with van der Waals surface area (Å²) in [7, 11) is 0. The van der Waals surface area contributed by atoms with Crippen molar-refractivity contribution in [2.75, 3.05) is 13.2 Å². The molecule has 0 aromatic carbocycles. The number of nitrogens with one attached hydrogen (secondary N) is 1. The average Bonchev–Trinajstić information content (AvgIpc) is 2.90. The minimum Gasteiger partial charge on any atom is -0.381 e. The largest absolute Gasteiger partial charge is 0.381 e. The SMILES string of the molecule is CC(NC1CC1)(c1nc2c(s1)CCC2)C1CCOC1. The maximum atomic E-state index is 5.64. The molecular formula is C15H22N2OS. The van der Waals surface area contributed by atoms with Crippen LogP contribution in [-0.4, -0.2) is 24.2 Å². The lowest BCUT2D eigenvalue weighted by Gasteiger charge is -2.34. The molecule has 2 fully saturated rings. The van der Waals surface area contributed by atoms with Gasteiger partial charge in [0.15, 0.2) is 0 Å².